The maximum atomic E-state index is 8.10. The maximum absolute atomic E-state index is 8.10. The number of imidazole rings is 1. The summed E-state index contributed by atoms with van der Waals surface area (Å²) in [7, 11) is 8.10. The van der Waals surface area contributed by atoms with Crippen LogP contribution in [0, 0.1) is 31.6 Å². The van der Waals surface area contributed by atoms with Crippen molar-refractivity contribution in [2.45, 2.75) is 44.4 Å². The molecule has 0 atom stereocenters. The van der Waals surface area contributed by atoms with E-state index in [1.165, 1.54) is 72.4 Å². The molecule has 0 amide bonds. The minimum absolute atomic E-state index is 0.0616. The van der Waals surface area contributed by atoms with Crippen molar-refractivity contribution in [1.29, 1.82) is 0 Å². The third-order valence-corrected chi connectivity index (χ3v) is 15.3. The van der Waals surface area contributed by atoms with E-state index in [-0.39, 0.29) is 11.8 Å². The van der Waals surface area contributed by atoms with Gasteiger partial charge in [-0.3, -0.25) is 0 Å². The van der Waals surface area contributed by atoms with Gasteiger partial charge in [0.1, 0.15) is 0 Å². The molecule has 0 spiro atoms. The van der Waals surface area contributed by atoms with Gasteiger partial charge in [-0.25, -0.2) is 0 Å². The van der Waals surface area contributed by atoms with Gasteiger partial charge < -0.3 is 0 Å². The molecule has 9 aromatic rings. The average molecular weight is 918 g/mol. The quantitative estimate of drug-likeness (QED) is 0.0903. The molecule has 2 heterocycles. The zero-order chi connectivity index (χ0) is 42.6. The summed E-state index contributed by atoms with van der Waals surface area (Å²) in [6, 6.07) is 70.8. The van der Waals surface area contributed by atoms with E-state index in [2.05, 4.69) is 249 Å². The molecule has 62 heavy (non-hydrogen) atoms. The minimum atomic E-state index is -2.00. The van der Waals surface area contributed by atoms with Crippen LogP contribution in [0.25, 0.3) is 28.5 Å². The van der Waals surface area contributed by atoms with Crippen LogP contribution in [0.2, 0.25) is 4.89 Å². The Bertz CT molecular complexity index is 2870. The van der Waals surface area contributed by atoms with Gasteiger partial charge in [0, 0.05) is 0 Å². The summed E-state index contributed by atoms with van der Waals surface area (Å²) >= 11 is -2.00. The van der Waals surface area contributed by atoms with E-state index in [1.54, 1.807) is 0 Å². The summed E-state index contributed by atoms with van der Waals surface area (Å²) in [5.74, 6) is -0.123. The number of nitrogens with zero attached hydrogens (tertiary/aromatic N) is 2. The Morgan fingerprint density at radius 2 is 0.952 bits per heavy atom. The molecule has 0 saturated carbocycles. The molecule has 2 nitrogen and oxygen atoms in total. The van der Waals surface area contributed by atoms with Gasteiger partial charge >= 0.3 is 378 Å². The number of aryl methyl sites for hydroxylation is 4. The second-order valence-corrected chi connectivity index (χ2v) is 20.5. The number of fused-ring (bicyclic) bond motifs is 1. The van der Waals surface area contributed by atoms with E-state index >= 15 is 0 Å². The van der Waals surface area contributed by atoms with E-state index in [0.717, 1.165) is 20.0 Å². The molecule has 312 valence electrons. The van der Waals surface area contributed by atoms with Crippen molar-refractivity contribution in [2.24, 2.45) is 0 Å². The Morgan fingerprint density at radius 3 is 1.42 bits per heavy atom. The van der Waals surface area contributed by atoms with Crippen LogP contribution >= 0.6 is 9.53 Å². The standard InChI is InChI=1S/C49H42N2.C9H9.ClH.Pd/c1-34-28-36(3)46(37(4)29-34)45-27-17-26-42-32-50(33-51(42)45)49-43(47(38-18-9-5-10-19-38)39-20-11-6-12-21-39)30-35(2)31-44(49)48(40-22-13-7-14-23-40)41-24-15-8-16-25-41;1-2-6-9-7-4-3-5-8-9;;/h5-32,47-48H,1-4H3;2-8H,1H2;1H;/q;;;-1/p-1. The normalized spacial score (nSPS) is 12.8. The van der Waals surface area contributed by atoms with Crippen molar-refractivity contribution in [3.05, 3.63) is 271 Å². The first-order valence-corrected chi connectivity index (χ1v) is 25.2. The topological polar surface area (TPSA) is 9.34 Å². The van der Waals surface area contributed by atoms with Crippen molar-refractivity contribution >= 4 is 21.1 Å². The third kappa shape index (κ3) is 8.42. The molecule has 0 N–H and O–H groups in total. The Hall–Kier alpha value is -6.08. The molecule has 0 bridgehead atoms. The van der Waals surface area contributed by atoms with Crippen molar-refractivity contribution in [3.63, 3.8) is 0 Å². The predicted molar refractivity (Wildman–Crippen MR) is 258 cm³/mol. The summed E-state index contributed by atoms with van der Waals surface area (Å²) in [6.07, 6.45) is 6.87. The molecule has 0 radical (unpaired) electrons. The summed E-state index contributed by atoms with van der Waals surface area (Å²) in [5, 5.41) is 0. The molecule has 2 aromatic heterocycles. The van der Waals surface area contributed by atoms with Crippen LogP contribution in [-0.2, 0) is 15.3 Å². The first kappa shape index (κ1) is 41.3. The van der Waals surface area contributed by atoms with Gasteiger partial charge in [0.15, 0.2) is 0 Å². The summed E-state index contributed by atoms with van der Waals surface area (Å²) in [5.41, 5.74) is 18.3. The number of pyridine rings is 1. The van der Waals surface area contributed by atoms with Crippen LogP contribution in [0.1, 0.15) is 73.0 Å². The van der Waals surface area contributed by atoms with Gasteiger partial charge in [-0.05, 0) is 0 Å². The van der Waals surface area contributed by atoms with Crippen molar-refractivity contribution in [1.82, 2.24) is 8.97 Å². The number of aromatic nitrogens is 2. The van der Waals surface area contributed by atoms with Crippen LogP contribution in [0.5, 0.6) is 0 Å². The Balaban J connectivity index is 1.45. The monoisotopic (exact) mass is 916 g/mol. The summed E-state index contributed by atoms with van der Waals surface area (Å²) in [4.78, 5) is 0.743. The van der Waals surface area contributed by atoms with Crippen LogP contribution in [0.4, 0.5) is 0 Å². The van der Waals surface area contributed by atoms with E-state index < -0.39 is 15.3 Å². The number of allylic oxidation sites excluding steroid dienone is 1. The number of benzene rings is 7. The molecule has 0 aliphatic carbocycles. The van der Waals surface area contributed by atoms with Gasteiger partial charge in [-0.15, -0.1) is 0 Å². The average Bonchev–Trinajstić information content (AvgIpc) is 3.68. The molecule has 9 rings (SSSR count). The predicted octanol–water partition coefficient (Wildman–Crippen LogP) is 15.4. The molecule has 0 saturated heterocycles. The fourth-order valence-corrected chi connectivity index (χ4v) is 12.5. The zero-order valence-corrected chi connectivity index (χ0v) is 38.0. The molecular formula is C58H51ClN2Pd-2. The second-order valence-electron chi connectivity index (χ2n) is 16.2. The Labute approximate surface area is 375 Å². The van der Waals surface area contributed by atoms with Gasteiger partial charge in [0.25, 0.3) is 0 Å². The van der Waals surface area contributed by atoms with Crippen LogP contribution in [0.15, 0.2) is 206 Å². The van der Waals surface area contributed by atoms with E-state index in [1.807, 2.05) is 0 Å². The number of hydrogen-bond donors (Lipinski definition) is 0. The molecule has 4 heteroatoms. The van der Waals surface area contributed by atoms with E-state index in [4.69, 9.17) is 9.53 Å². The molecular weight excluding hydrogens is 867 g/mol. The van der Waals surface area contributed by atoms with Crippen molar-refractivity contribution < 1.29 is 15.3 Å². The van der Waals surface area contributed by atoms with Crippen molar-refractivity contribution in [2.75, 3.05) is 0 Å². The van der Waals surface area contributed by atoms with Crippen molar-refractivity contribution in [3.8, 4) is 16.9 Å². The zero-order valence-electron chi connectivity index (χ0n) is 35.7. The molecule has 0 unspecified atom stereocenters. The van der Waals surface area contributed by atoms with Gasteiger partial charge in [0.05, 0.1) is 0 Å². The molecule has 0 aliphatic rings. The number of halogens is 1. The first-order valence-electron chi connectivity index (χ1n) is 21.3. The summed E-state index contributed by atoms with van der Waals surface area (Å²) < 4.78 is 6.14. The number of rotatable bonds is 11. The molecule has 0 fully saturated rings. The van der Waals surface area contributed by atoms with Crippen LogP contribution < -0.4 is 0 Å². The third-order valence-electron chi connectivity index (χ3n) is 11.7. The fraction of sp³-hybridized carbons (Fsp3) is 0.121. The first-order chi connectivity index (χ1) is 30.4. The SMILES string of the molecule is Cc1cc(C)c(-c2cccc3cn(-c4c(C(c5ccccc5)c5ccccc5)cc(C)cc4C(c4ccccc4)c4ccccc4)[c](=[Pd-2]([Cl])[CH2]C=Cc4ccccc4)n23)c(C)c1. The second kappa shape index (κ2) is 18.5. The van der Waals surface area contributed by atoms with Gasteiger partial charge in [0.2, 0.25) is 0 Å². The number of hydrogen-bond acceptors (Lipinski definition) is 0. The fourth-order valence-electron chi connectivity index (χ4n) is 9.29. The van der Waals surface area contributed by atoms with Gasteiger partial charge in [-0.2, -0.15) is 0 Å². The van der Waals surface area contributed by atoms with Gasteiger partial charge in [-0.1, -0.05) is 0 Å². The molecule has 0 aliphatic heterocycles. The van der Waals surface area contributed by atoms with Crippen LogP contribution in [-0.4, -0.2) is 8.97 Å². The molecule has 7 aromatic carbocycles. The van der Waals surface area contributed by atoms with E-state index in [0.29, 0.717) is 0 Å². The summed E-state index contributed by atoms with van der Waals surface area (Å²) in [6.45, 7) is 8.93. The van der Waals surface area contributed by atoms with E-state index in [9.17, 15) is 0 Å². The Kier molecular flexibility index (Phi) is 12.3. The van der Waals surface area contributed by atoms with Crippen LogP contribution in [0.3, 0.4) is 0 Å². The Morgan fingerprint density at radius 1 is 0.516 bits per heavy atom.